The lowest BCUT2D eigenvalue weighted by Crippen LogP contribution is -2.66. The van der Waals surface area contributed by atoms with E-state index in [0.717, 1.165) is 12.8 Å². The van der Waals surface area contributed by atoms with Gasteiger partial charge in [-0.1, -0.05) is 46.8 Å². The largest absolute Gasteiger partial charge is 0.465 e. The molecule has 35 heavy (non-hydrogen) atoms. The molecule has 0 unspecified atom stereocenters. The molecule has 5 aliphatic carbocycles. The maximum Gasteiger partial charge on any atom is 0.302 e. The molecule has 5 fully saturated rings. The van der Waals surface area contributed by atoms with Gasteiger partial charge in [-0.3, -0.25) is 9.59 Å². The molecule has 0 amide bonds. The number of hydrogen-bond acceptors (Lipinski definition) is 3. The molecule has 0 bridgehead atoms. The van der Waals surface area contributed by atoms with Gasteiger partial charge in [0.2, 0.25) is 0 Å². The van der Waals surface area contributed by atoms with E-state index in [4.69, 9.17) is 4.74 Å². The van der Waals surface area contributed by atoms with Gasteiger partial charge in [-0.2, -0.15) is 0 Å². The Bertz CT molecular complexity index is 933. The number of fused-ring (bicyclic) bond motifs is 7. The maximum absolute atomic E-state index is 13.0. The Labute approximate surface area is 214 Å². The minimum Gasteiger partial charge on any atom is -0.465 e. The molecule has 3 nitrogen and oxygen atoms in total. The minimum absolute atomic E-state index is 0.128. The lowest BCUT2D eigenvalue weighted by molar-refractivity contribution is -0.237. The molecule has 9 atom stereocenters. The molecule has 5 aliphatic rings. The van der Waals surface area contributed by atoms with E-state index in [2.05, 4.69) is 48.1 Å². The molecular weight excluding hydrogens is 432 g/mol. The molecular formula is C32H50O3. The fourth-order valence-electron chi connectivity index (χ4n) is 11.6. The Morgan fingerprint density at radius 1 is 0.886 bits per heavy atom. The second kappa shape index (κ2) is 7.94. The average molecular weight is 483 g/mol. The van der Waals surface area contributed by atoms with E-state index in [1.165, 1.54) is 56.9 Å². The van der Waals surface area contributed by atoms with Gasteiger partial charge in [-0.15, -0.1) is 0 Å². The number of hydrogen-bond donors (Lipinski definition) is 0. The van der Waals surface area contributed by atoms with E-state index < -0.39 is 0 Å². The lowest BCUT2D eigenvalue weighted by Gasteiger charge is -2.72. The highest BCUT2D eigenvalue weighted by Gasteiger charge is 2.71. The molecule has 0 aromatic carbocycles. The van der Waals surface area contributed by atoms with Gasteiger partial charge < -0.3 is 4.74 Å². The average Bonchev–Trinajstić information content (AvgIpc) is 3.16. The van der Waals surface area contributed by atoms with Crippen LogP contribution in [0.2, 0.25) is 0 Å². The summed E-state index contributed by atoms with van der Waals surface area (Å²) in [5.74, 6) is 3.34. The van der Waals surface area contributed by atoms with E-state index in [1.807, 2.05) is 0 Å². The van der Waals surface area contributed by atoms with Crippen LogP contribution in [0, 0.1) is 56.7 Å². The van der Waals surface area contributed by atoms with Crippen molar-refractivity contribution in [3.8, 4) is 0 Å². The van der Waals surface area contributed by atoms with Crippen molar-refractivity contribution in [2.24, 2.45) is 56.7 Å². The molecule has 0 aromatic heterocycles. The normalized spacial score (nSPS) is 50.4. The zero-order valence-corrected chi connectivity index (χ0v) is 23.6. The monoisotopic (exact) mass is 482 g/mol. The van der Waals surface area contributed by atoms with Gasteiger partial charge in [-0.25, -0.2) is 0 Å². The van der Waals surface area contributed by atoms with Gasteiger partial charge in [0.05, 0.1) is 6.61 Å². The Balaban J connectivity index is 1.53. The van der Waals surface area contributed by atoms with Crippen LogP contribution in [0.25, 0.3) is 0 Å². The Kier molecular flexibility index (Phi) is 5.79. The third kappa shape index (κ3) is 3.27. The molecule has 0 aliphatic heterocycles. The summed E-state index contributed by atoms with van der Waals surface area (Å²) < 4.78 is 5.78. The number of esters is 1. The fraction of sp³-hybridized carbons (Fsp3) is 0.875. The first-order chi connectivity index (χ1) is 16.2. The molecule has 196 valence electrons. The molecule has 0 spiro atoms. The molecule has 0 heterocycles. The molecule has 5 saturated carbocycles. The highest BCUT2D eigenvalue weighted by molar-refractivity contribution is 5.85. The van der Waals surface area contributed by atoms with Gasteiger partial charge in [-0.05, 0) is 111 Å². The third-order valence-corrected chi connectivity index (χ3v) is 13.5. The summed E-state index contributed by atoms with van der Waals surface area (Å²) in [6.07, 6.45) is 11.6. The van der Waals surface area contributed by atoms with Crippen LogP contribution in [-0.4, -0.2) is 18.4 Å². The number of carbonyl (C=O) groups is 2. The lowest BCUT2D eigenvalue weighted by atomic mass is 9.32. The number of rotatable bonds is 3. The van der Waals surface area contributed by atoms with Crippen LogP contribution < -0.4 is 0 Å². The van der Waals surface area contributed by atoms with Crippen molar-refractivity contribution in [1.82, 2.24) is 0 Å². The Morgan fingerprint density at radius 2 is 1.60 bits per heavy atom. The van der Waals surface area contributed by atoms with Crippen LogP contribution in [0.4, 0.5) is 0 Å². The molecule has 0 aromatic rings. The van der Waals surface area contributed by atoms with E-state index >= 15 is 0 Å². The number of ketones is 1. The summed E-state index contributed by atoms with van der Waals surface area (Å²) >= 11 is 0. The summed E-state index contributed by atoms with van der Waals surface area (Å²) in [7, 11) is 0. The zero-order valence-electron chi connectivity index (χ0n) is 23.6. The predicted molar refractivity (Wildman–Crippen MR) is 141 cm³/mol. The van der Waals surface area contributed by atoms with Crippen molar-refractivity contribution < 1.29 is 14.3 Å². The first-order valence-electron chi connectivity index (χ1n) is 14.5. The van der Waals surface area contributed by atoms with Crippen molar-refractivity contribution >= 4 is 11.8 Å². The summed E-state index contributed by atoms with van der Waals surface area (Å²) in [5.41, 5.74) is 2.12. The van der Waals surface area contributed by atoms with Gasteiger partial charge in [0.1, 0.15) is 5.78 Å². The first kappa shape index (κ1) is 25.5. The zero-order chi connectivity index (χ0) is 25.6. The van der Waals surface area contributed by atoms with Crippen LogP contribution >= 0.6 is 0 Å². The first-order valence-corrected chi connectivity index (χ1v) is 14.5. The number of carbonyl (C=O) groups excluding carboxylic acids is 2. The van der Waals surface area contributed by atoms with Gasteiger partial charge in [0.15, 0.2) is 0 Å². The predicted octanol–water partition coefficient (Wildman–Crippen LogP) is 7.78. The molecule has 0 N–H and O–H groups in total. The topological polar surface area (TPSA) is 43.4 Å². The molecule has 0 saturated heterocycles. The number of allylic oxidation sites excluding steroid dienone is 1. The third-order valence-electron chi connectivity index (χ3n) is 13.5. The smallest absolute Gasteiger partial charge is 0.302 e. The van der Waals surface area contributed by atoms with Crippen molar-refractivity contribution in [2.45, 2.75) is 113 Å². The van der Waals surface area contributed by atoms with E-state index in [0.29, 0.717) is 47.4 Å². The van der Waals surface area contributed by atoms with Crippen LogP contribution in [-0.2, 0) is 14.3 Å². The van der Waals surface area contributed by atoms with Crippen molar-refractivity contribution in [2.75, 3.05) is 6.61 Å². The SMILES string of the molecule is C=C(C)[C@@H]1CC[C@@]2(COC(C)=O)CC[C@]3(C)[C@H](CC[C@H]4[C@@]5(C)CCC(=O)C(C)(C)[C@H]5CC[C@@]43C)[C@@H]12. The highest BCUT2D eigenvalue weighted by Crippen LogP contribution is 2.77. The van der Waals surface area contributed by atoms with Crippen LogP contribution in [0.3, 0.4) is 0 Å². The summed E-state index contributed by atoms with van der Waals surface area (Å²) in [5, 5.41) is 0. The molecule has 3 heteroatoms. The fourth-order valence-corrected chi connectivity index (χ4v) is 11.6. The Hall–Kier alpha value is -1.12. The van der Waals surface area contributed by atoms with Gasteiger partial charge in [0, 0.05) is 24.2 Å². The summed E-state index contributed by atoms with van der Waals surface area (Å²) in [6.45, 7) is 21.2. The minimum atomic E-state index is -0.186. The van der Waals surface area contributed by atoms with Crippen molar-refractivity contribution in [1.29, 1.82) is 0 Å². The van der Waals surface area contributed by atoms with Crippen LogP contribution in [0.15, 0.2) is 12.2 Å². The van der Waals surface area contributed by atoms with Gasteiger partial charge in [0.25, 0.3) is 0 Å². The molecule has 5 rings (SSSR count). The second-order valence-electron chi connectivity index (χ2n) is 15.0. The van der Waals surface area contributed by atoms with E-state index in [1.54, 1.807) is 6.92 Å². The highest BCUT2D eigenvalue weighted by atomic mass is 16.5. The van der Waals surface area contributed by atoms with Gasteiger partial charge >= 0.3 is 5.97 Å². The second-order valence-corrected chi connectivity index (χ2v) is 15.0. The van der Waals surface area contributed by atoms with E-state index in [-0.39, 0.29) is 27.6 Å². The standard InChI is InChI=1S/C32H50O3/c1-20(2)22-11-16-32(19-35-21(3)33)18-17-30(7)23(27(22)32)9-10-25-29(6)14-13-26(34)28(4,5)24(29)12-15-31(25,30)8/h22-25,27H,1,9-19H2,2-8H3/t22-,23+,24+,25-,27+,29-,30+,31-,32-/m0/s1. The number of Topliss-reactive ketones (excluding diaryl/α,β-unsaturated/α-hetero) is 1. The summed E-state index contributed by atoms with van der Waals surface area (Å²) in [6, 6.07) is 0. The Morgan fingerprint density at radius 3 is 2.26 bits per heavy atom. The summed E-state index contributed by atoms with van der Waals surface area (Å²) in [4.78, 5) is 24.8. The number of ether oxygens (including phenoxy) is 1. The van der Waals surface area contributed by atoms with E-state index in [9.17, 15) is 9.59 Å². The maximum atomic E-state index is 13.0. The van der Waals surface area contributed by atoms with Crippen molar-refractivity contribution in [3.05, 3.63) is 12.2 Å². The van der Waals surface area contributed by atoms with Crippen molar-refractivity contribution in [3.63, 3.8) is 0 Å². The van der Waals surface area contributed by atoms with Crippen LogP contribution in [0.5, 0.6) is 0 Å². The quantitative estimate of drug-likeness (QED) is 0.305. The molecule has 0 radical (unpaired) electrons. The van der Waals surface area contributed by atoms with Crippen LogP contribution in [0.1, 0.15) is 113 Å².